The Hall–Kier alpha value is -0.750. The number of hydrogen-bond acceptors (Lipinski definition) is 3. The number of nitrogens with zero attached hydrogens (tertiary/aromatic N) is 2. The quantitative estimate of drug-likeness (QED) is 0.759. The van der Waals surface area contributed by atoms with Crippen LogP contribution in [0.25, 0.3) is 0 Å². The van der Waals surface area contributed by atoms with E-state index in [1.807, 2.05) is 0 Å². The Balaban J connectivity index is 2.37. The first-order valence-corrected chi connectivity index (χ1v) is 5.36. The second kappa shape index (κ2) is 5.05. The smallest absolute Gasteiger partial charge is 0.257 e. The molecule has 1 atom stereocenters. The molecule has 4 nitrogen and oxygen atoms in total. The van der Waals surface area contributed by atoms with Gasteiger partial charge in [-0.15, -0.1) is 0 Å². The molecule has 1 N–H and O–H groups in total. The van der Waals surface area contributed by atoms with Crippen LogP contribution >= 0.6 is 0 Å². The van der Waals surface area contributed by atoms with Crippen molar-refractivity contribution in [2.75, 3.05) is 32.7 Å². The lowest BCUT2D eigenvalue weighted by Crippen LogP contribution is -2.52. The first-order chi connectivity index (χ1) is 7.29. The Morgan fingerprint density at radius 1 is 1.38 bits per heavy atom. The van der Waals surface area contributed by atoms with Crippen LogP contribution in [0.1, 0.15) is 13.8 Å². The number of halogens is 2. The molecular weight excluding hydrogens is 218 g/mol. The van der Waals surface area contributed by atoms with Crippen molar-refractivity contribution >= 4 is 5.91 Å². The molecule has 1 saturated heterocycles. The lowest BCUT2D eigenvalue weighted by Gasteiger charge is -2.36. The van der Waals surface area contributed by atoms with Gasteiger partial charge in [0.05, 0.1) is 6.54 Å². The first-order valence-electron chi connectivity index (χ1n) is 5.36. The molecule has 0 spiro atoms. The van der Waals surface area contributed by atoms with Gasteiger partial charge >= 0.3 is 0 Å². The summed E-state index contributed by atoms with van der Waals surface area (Å²) in [5.74, 6) is -3.03. The minimum absolute atomic E-state index is 0.274. The molecule has 16 heavy (non-hydrogen) atoms. The van der Waals surface area contributed by atoms with Crippen LogP contribution in [0.15, 0.2) is 0 Å². The average molecular weight is 236 g/mol. The average Bonchev–Trinajstić information content (AvgIpc) is 2.15. The molecule has 0 saturated carbocycles. The topological polar surface area (TPSA) is 43.8 Å². The van der Waals surface area contributed by atoms with Gasteiger partial charge in [0.2, 0.25) is 0 Å². The first kappa shape index (κ1) is 13.3. The lowest BCUT2D eigenvalue weighted by molar-refractivity contribution is -0.141. The van der Waals surface area contributed by atoms with E-state index in [-0.39, 0.29) is 12.5 Å². The monoisotopic (exact) mass is 236 g/mol. The van der Waals surface area contributed by atoms with Gasteiger partial charge in [-0.05, 0) is 6.92 Å². The van der Waals surface area contributed by atoms with E-state index < -0.39 is 12.0 Å². The van der Waals surface area contributed by atoms with Crippen LogP contribution in [0.2, 0.25) is 0 Å². The second-order valence-corrected chi connectivity index (χ2v) is 4.35. The van der Waals surface area contributed by atoms with Gasteiger partial charge in [0, 0.05) is 33.1 Å². The number of rotatable bonds is 3. The number of piperazine rings is 1. The SMILES string of the molecule is CC(O)C(=O)N1CCN(CC(C)(F)F)CC1. The fraction of sp³-hybridized carbons (Fsp3) is 0.900. The van der Waals surface area contributed by atoms with Crippen molar-refractivity contribution in [1.29, 1.82) is 0 Å². The third-order valence-electron chi connectivity index (χ3n) is 2.54. The molecule has 1 unspecified atom stereocenters. The number of aliphatic hydroxyl groups excluding tert-OH is 1. The molecule has 0 aliphatic carbocycles. The van der Waals surface area contributed by atoms with E-state index in [0.717, 1.165) is 6.92 Å². The highest BCUT2D eigenvalue weighted by Gasteiger charge is 2.29. The summed E-state index contributed by atoms with van der Waals surface area (Å²) in [6.07, 6.45) is -1.01. The van der Waals surface area contributed by atoms with Crippen LogP contribution in [-0.4, -0.2) is 65.6 Å². The van der Waals surface area contributed by atoms with Crippen LogP contribution in [-0.2, 0) is 4.79 Å². The second-order valence-electron chi connectivity index (χ2n) is 4.35. The molecule has 1 aliphatic heterocycles. The highest BCUT2D eigenvalue weighted by atomic mass is 19.3. The van der Waals surface area contributed by atoms with Gasteiger partial charge in [-0.3, -0.25) is 9.69 Å². The summed E-state index contributed by atoms with van der Waals surface area (Å²) in [4.78, 5) is 14.5. The Morgan fingerprint density at radius 3 is 2.25 bits per heavy atom. The normalized spacial score (nSPS) is 20.9. The summed E-state index contributed by atoms with van der Waals surface area (Å²) < 4.78 is 25.5. The fourth-order valence-electron chi connectivity index (χ4n) is 1.78. The van der Waals surface area contributed by atoms with Crippen molar-refractivity contribution in [2.24, 2.45) is 0 Å². The molecule has 1 amide bonds. The molecule has 1 rings (SSSR count). The van der Waals surface area contributed by atoms with Crippen LogP contribution in [0.5, 0.6) is 0 Å². The van der Waals surface area contributed by atoms with Crippen molar-refractivity contribution < 1.29 is 18.7 Å². The van der Waals surface area contributed by atoms with Crippen LogP contribution in [0.4, 0.5) is 8.78 Å². The molecule has 0 aromatic rings. The number of carbonyl (C=O) groups is 1. The molecule has 0 bridgehead atoms. The van der Waals surface area contributed by atoms with E-state index in [1.165, 1.54) is 11.8 Å². The minimum Gasteiger partial charge on any atom is -0.384 e. The zero-order valence-corrected chi connectivity index (χ0v) is 9.62. The van der Waals surface area contributed by atoms with E-state index in [0.29, 0.717) is 26.2 Å². The van der Waals surface area contributed by atoms with Gasteiger partial charge in [0.1, 0.15) is 6.10 Å². The maximum atomic E-state index is 12.7. The fourth-order valence-corrected chi connectivity index (χ4v) is 1.78. The predicted octanol–water partition coefficient (Wildman–Crippen LogP) is 0.167. The summed E-state index contributed by atoms with van der Waals surface area (Å²) in [5, 5.41) is 9.10. The number of amides is 1. The number of carbonyl (C=O) groups excluding carboxylic acids is 1. The van der Waals surface area contributed by atoms with E-state index in [4.69, 9.17) is 5.11 Å². The molecule has 6 heteroatoms. The maximum Gasteiger partial charge on any atom is 0.257 e. The van der Waals surface area contributed by atoms with Crippen molar-refractivity contribution in [2.45, 2.75) is 25.9 Å². The Labute approximate surface area is 93.8 Å². The van der Waals surface area contributed by atoms with Gasteiger partial charge in [0.15, 0.2) is 0 Å². The lowest BCUT2D eigenvalue weighted by atomic mass is 10.2. The predicted molar refractivity (Wildman–Crippen MR) is 55.3 cm³/mol. The van der Waals surface area contributed by atoms with E-state index in [1.54, 1.807) is 4.90 Å². The number of aliphatic hydroxyl groups is 1. The minimum atomic E-state index is -2.70. The third kappa shape index (κ3) is 4.02. The Morgan fingerprint density at radius 2 is 1.88 bits per heavy atom. The van der Waals surface area contributed by atoms with Crippen molar-refractivity contribution in [3.8, 4) is 0 Å². The third-order valence-corrected chi connectivity index (χ3v) is 2.54. The molecular formula is C10H18F2N2O2. The van der Waals surface area contributed by atoms with Crippen LogP contribution in [0.3, 0.4) is 0 Å². The van der Waals surface area contributed by atoms with Gasteiger partial charge in [-0.2, -0.15) is 0 Å². The summed E-state index contributed by atoms with van der Waals surface area (Å²) >= 11 is 0. The van der Waals surface area contributed by atoms with E-state index in [2.05, 4.69) is 0 Å². The summed E-state index contributed by atoms with van der Waals surface area (Å²) in [6.45, 7) is 3.70. The largest absolute Gasteiger partial charge is 0.384 e. The zero-order valence-electron chi connectivity index (χ0n) is 9.62. The van der Waals surface area contributed by atoms with Gasteiger partial charge < -0.3 is 10.0 Å². The van der Waals surface area contributed by atoms with Crippen molar-refractivity contribution in [3.05, 3.63) is 0 Å². The number of alkyl halides is 2. The molecule has 0 radical (unpaired) electrons. The summed E-state index contributed by atoms with van der Waals surface area (Å²) in [7, 11) is 0. The maximum absolute atomic E-state index is 12.7. The Bertz CT molecular complexity index is 246. The molecule has 0 aromatic carbocycles. The summed E-state index contributed by atoms with van der Waals surface area (Å²) in [5.41, 5.74) is 0. The van der Waals surface area contributed by atoms with Gasteiger partial charge in [0.25, 0.3) is 11.8 Å². The standard InChI is InChI=1S/C10H18F2N2O2/c1-8(15)9(16)14-5-3-13(4-6-14)7-10(2,11)12/h8,15H,3-7H2,1-2H3. The number of hydrogen-bond donors (Lipinski definition) is 1. The van der Waals surface area contributed by atoms with Gasteiger partial charge in [-0.1, -0.05) is 0 Å². The summed E-state index contributed by atoms with van der Waals surface area (Å²) in [6, 6.07) is 0. The van der Waals surface area contributed by atoms with E-state index in [9.17, 15) is 13.6 Å². The molecule has 1 fully saturated rings. The van der Waals surface area contributed by atoms with E-state index >= 15 is 0 Å². The molecule has 1 aliphatic rings. The molecule has 1 heterocycles. The Kier molecular flexibility index (Phi) is 4.21. The van der Waals surface area contributed by atoms with Crippen LogP contribution < -0.4 is 0 Å². The van der Waals surface area contributed by atoms with Crippen molar-refractivity contribution in [1.82, 2.24) is 9.80 Å². The highest BCUT2D eigenvalue weighted by Crippen LogP contribution is 2.15. The van der Waals surface area contributed by atoms with Crippen LogP contribution in [0, 0.1) is 0 Å². The highest BCUT2D eigenvalue weighted by molar-refractivity contribution is 5.80. The van der Waals surface area contributed by atoms with Crippen molar-refractivity contribution in [3.63, 3.8) is 0 Å². The molecule has 0 aromatic heterocycles. The zero-order chi connectivity index (χ0) is 12.3. The van der Waals surface area contributed by atoms with Gasteiger partial charge in [-0.25, -0.2) is 8.78 Å². The molecule has 94 valence electrons.